The molecule has 2 aliphatic rings. The molecule has 0 atom stereocenters. The Hall–Kier alpha value is -1.44. The molecule has 0 unspecified atom stereocenters. The zero-order valence-electron chi connectivity index (χ0n) is 17.4. The quantitative estimate of drug-likeness (QED) is 0.774. The monoisotopic (exact) mass is 407 g/mol. The van der Waals surface area contributed by atoms with Crippen molar-refractivity contribution in [1.29, 1.82) is 0 Å². The lowest BCUT2D eigenvalue weighted by Gasteiger charge is -2.36. The Balaban J connectivity index is 1.60. The molecule has 2 fully saturated rings. The van der Waals surface area contributed by atoms with E-state index < -0.39 is 10.2 Å². The second kappa shape index (κ2) is 8.51. The lowest BCUT2D eigenvalue weighted by atomic mass is 9.86. The first-order chi connectivity index (χ1) is 13.2. The Morgan fingerprint density at radius 1 is 0.786 bits per heavy atom. The molecule has 2 saturated heterocycles. The van der Waals surface area contributed by atoms with Gasteiger partial charge >= 0.3 is 0 Å². The van der Waals surface area contributed by atoms with Crippen LogP contribution in [0.1, 0.15) is 62.4 Å². The summed E-state index contributed by atoms with van der Waals surface area (Å²) in [6.45, 7) is 9.27. The number of amides is 1. The molecule has 0 N–H and O–H groups in total. The third-order valence-corrected chi connectivity index (χ3v) is 7.78. The smallest absolute Gasteiger partial charge is 0.282 e. The summed E-state index contributed by atoms with van der Waals surface area (Å²) in [5.74, 6) is -0.0210. The van der Waals surface area contributed by atoms with Gasteiger partial charge in [-0.1, -0.05) is 45.7 Å². The van der Waals surface area contributed by atoms with E-state index in [0.717, 1.165) is 25.7 Å². The zero-order chi connectivity index (χ0) is 20.4. The van der Waals surface area contributed by atoms with E-state index in [4.69, 9.17) is 0 Å². The molecule has 1 aromatic carbocycles. The molecule has 0 saturated carbocycles. The van der Waals surface area contributed by atoms with Gasteiger partial charge in [-0.2, -0.15) is 17.0 Å². The normalized spacial score (nSPS) is 20.8. The van der Waals surface area contributed by atoms with Gasteiger partial charge in [0.05, 0.1) is 0 Å². The van der Waals surface area contributed by atoms with Gasteiger partial charge in [-0.25, -0.2) is 0 Å². The van der Waals surface area contributed by atoms with Gasteiger partial charge in [0.15, 0.2) is 0 Å². The van der Waals surface area contributed by atoms with Crippen molar-refractivity contribution in [3.05, 3.63) is 35.4 Å². The Labute approximate surface area is 169 Å². The first kappa shape index (κ1) is 21.3. The molecule has 7 heteroatoms. The molecule has 0 spiro atoms. The maximum absolute atomic E-state index is 12.9. The van der Waals surface area contributed by atoms with Crippen molar-refractivity contribution in [3.8, 4) is 0 Å². The number of nitrogens with zero attached hydrogens (tertiary/aromatic N) is 3. The fourth-order valence-corrected chi connectivity index (χ4v) is 5.52. The fraction of sp³-hybridized carbons (Fsp3) is 0.667. The first-order valence-corrected chi connectivity index (χ1v) is 11.7. The number of rotatable bonds is 3. The van der Waals surface area contributed by atoms with Gasteiger partial charge in [-0.15, -0.1) is 0 Å². The summed E-state index contributed by atoms with van der Waals surface area (Å²) >= 11 is 0. The molecular weight excluding hydrogens is 374 g/mol. The maximum Gasteiger partial charge on any atom is 0.282 e. The SMILES string of the molecule is CC(C)(C)c1ccc(C(=O)N2CCN(S(=O)(=O)N3CCCCCC3)CC2)cc1. The molecule has 1 amide bonds. The number of hydrogen-bond donors (Lipinski definition) is 0. The van der Waals surface area contributed by atoms with Crippen LogP contribution in [0.2, 0.25) is 0 Å². The minimum absolute atomic E-state index is 0.0210. The predicted molar refractivity (Wildman–Crippen MR) is 112 cm³/mol. The highest BCUT2D eigenvalue weighted by Crippen LogP contribution is 2.23. The van der Waals surface area contributed by atoms with Gasteiger partial charge in [0.1, 0.15) is 0 Å². The second-order valence-electron chi connectivity index (χ2n) is 8.84. The lowest BCUT2D eigenvalue weighted by Crippen LogP contribution is -2.54. The number of hydrogen-bond acceptors (Lipinski definition) is 3. The van der Waals surface area contributed by atoms with Crippen molar-refractivity contribution >= 4 is 16.1 Å². The van der Waals surface area contributed by atoms with E-state index in [9.17, 15) is 13.2 Å². The van der Waals surface area contributed by atoms with Crippen LogP contribution in [0.4, 0.5) is 0 Å². The van der Waals surface area contributed by atoms with Crippen LogP contribution in [0.15, 0.2) is 24.3 Å². The van der Waals surface area contributed by atoms with Crippen LogP contribution in [0, 0.1) is 0 Å². The van der Waals surface area contributed by atoms with Gasteiger partial charge in [-0.05, 0) is 36.0 Å². The van der Waals surface area contributed by atoms with Gasteiger partial charge < -0.3 is 4.90 Å². The topological polar surface area (TPSA) is 60.9 Å². The van der Waals surface area contributed by atoms with E-state index in [1.165, 1.54) is 5.56 Å². The summed E-state index contributed by atoms with van der Waals surface area (Å²) in [6.07, 6.45) is 4.06. The molecule has 0 aliphatic carbocycles. The molecule has 2 aliphatic heterocycles. The van der Waals surface area contributed by atoms with E-state index in [0.29, 0.717) is 44.8 Å². The molecule has 0 radical (unpaired) electrons. The van der Waals surface area contributed by atoms with Crippen molar-refractivity contribution in [2.75, 3.05) is 39.3 Å². The Morgan fingerprint density at radius 2 is 1.29 bits per heavy atom. The average molecular weight is 408 g/mol. The van der Waals surface area contributed by atoms with Crippen LogP contribution in [-0.2, 0) is 15.6 Å². The van der Waals surface area contributed by atoms with Gasteiger partial charge in [0.2, 0.25) is 0 Å². The molecule has 2 heterocycles. The fourth-order valence-electron chi connectivity index (χ4n) is 3.85. The standard InChI is InChI=1S/C21H33N3O3S/c1-21(2,3)19-10-8-18(9-11-19)20(25)22-14-16-24(17-15-22)28(26,27)23-12-6-4-5-7-13-23/h8-11H,4-7,12-17H2,1-3H3. The summed E-state index contributed by atoms with van der Waals surface area (Å²) in [5, 5.41) is 0. The largest absolute Gasteiger partial charge is 0.336 e. The highest BCUT2D eigenvalue weighted by molar-refractivity contribution is 7.86. The van der Waals surface area contributed by atoms with Crippen LogP contribution in [0.25, 0.3) is 0 Å². The van der Waals surface area contributed by atoms with Crippen LogP contribution >= 0.6 is 0 Å². The summed E-state index contributed by atoms with van der Waals surface area (Å²) in [4.78, 5) is 14.6. The maximum atomic E-state index is 12.9. The van der Waals surface area contributed by atoms with Crippen LogP contribution in [0.3, 0.4) is 0 Å². The molecule has 3 rings (SSSR count). The summed E-state index contributed by atoms with van der Waals surface area (Å²) in [7, 11) is -3.42. The second-order valence-corrected chi connectivity index (χ2v) is 10.8. The third kappa shape index (κ3) is 4.75. The highest BCUT2D eigenvalue weighted by atomic mass is 32.2. The van der Waals surface area contributed by atoms with Crippen molar-refractivity contribution in [3.63, 3.8) is 0 Å². The van der Waals surface area contributed by atoms with Crippen LogP contribution in [-0.4, -0.2) is 67.1 Å². The molecule has 1 aromatic rings. The van der Waals surface area contributed by atoms with E-state index in [-0.39, 0.29) is 11.3 Å². The van der Waals surface area contributed by atoms with Crippen molar-refractivity contribution in [2.24, 2.45) is 0 Å². The number of piperazine rings is 1. The van der Waals surface area contributed by atoms with Gasteiger partial charge in [0, 0.05) is 44.8 Å². The average Bonchev–Trinajstić information content (AvgIpc) is 2.97. The summed E-state index contributed by atoms with van der Waals surface area (Å²) in [5.41, 5.74) is 1.91. The molecule has 0 bridgehead atoms. The summed E-state index contributed by atoms with van der Waals surface area (Å²) in [6, 6.07) is 7.77. The van der Waals surface area contributed by atoms with E-state index in [1.54, 1.807) is 13.5 Å². The predicted octanol–water partition coefficient (Wildman–Crippen LogP) is 2.86. The Kier molecular flexibility index (Phi) is 6.47. The minimum atomic E-state index is -3.42. The van der Waals surface area contributed by atoms with E-state index in [2.05, 4.69) is 20.8 Å². The van der Waals surface area contributed by atoms with E-state index >= 15 is 0 Å². The molecule has 156 valence electrons. The van der Waals surface area contributed by atoms with Crippen molar-refractivity contribution < 1.29 is 13.2 Å². The van der Waals surface area contributed by atoms with Crippen molar-refractivity contribution in [1.82, 2.24) is 13.5 Å². The molecule has 6 nitrogen and oxygen atoms in total. The molecule has 0 aromatic heterocycles. The first-order valence-electron chi connectivity index (χ1n) is 10.3. The summed E-state index contributed by atoms with van der Waals surface area (Å²) < 4.78 is 29.0. The third-order valence-electron chi connectivity index (χ3n) is 5.74. The van der Waals surface area contributed by atoms with Crippen LogP contribution < -0.4 is 0 Å². The van der Waals surface area contributed by atoms with Crippen LogP contribution in [0.5, 0.6) is 0 Å². The minimum Gasteiger partial charge on any atom is -0.336 e. The van der Waals surface area contributed by atoms with Gasteiger partial charge in [-0.3, -0.25) is 4.79 Å². The number of carbonyl (C=O) groups is 1. The highest BCUT2D eigenvalue weighted by Gasteiger charge is 2.33. The molecular formula is C21H33N3O3S. The molecule has 28 heavy (non-hydrogen) atoms. The Morgan fingerprint density at radius 3 is 1.79 bits per heavy atom. The number of carbonyl (C=O) groups excluding carboxylic acids is 1. The van der Waals surface area contributed by atoms with Crippen molar-refractivity contribution in [2.45, 2.75) is 51.9 Å². The number of benzene rings is 1. The lowest BCUT2D eigenvalue weighted by molar-refractivity contribution is 0.0694. The van der Waals surface area contributed by atoms with E-state index in [1.807, 2.05) is 24.3 Å². The Bertz CT molecular complexity index is 768. The van der Waals surface area contributed by atoms with Gasteiger partial charge in [0.25, 0.3) is 16.1 Å². The zero-order valence-corrected chi connectivity index (χ0v) is 18.2.